The van der Waals surface area contributed by atoms with Crippen molar-refractivity contribution in [2.45, 2.75) is 25.7 Å². The van der Waals surface area contributed by atoms with E-state index in [4.69, 9.17) is 0 Å². The van der Waals surface area contributed by atoms with Crippen molar-refractivity contribution in [3.63, 3.8) is 0 Å². The van der Waals surface area contributed by atoms with Gasteiger partial charge in [0.05, 0.1) is 13.0 Å². The van der Waals surface area contributed by atoms with Gasteiger partial charge in [-0.3, -0.25) is 4.79 Å². The van der Waals surface area contributed by atoms with Gasteiger partial charge in [0.2, 0.25) is 0 Å². The standard InChI is InChI=1S/C9H12O3/c1-12-9(11)8-5-3-2-4-7(8)6-10/h8H,2-5H2,1H3. The van der Waals surface area contributed by atoms with Crippen molar-refractivity contribution in [2.75, 3.05) is 7.11 Å². The van der Waals surface area contributed by atoms with Crippen LogP contribution in [0, 0.1) is 5.92 Å². The zero-order valence-corrected chi connectivity index (χ0v) is 7.13. The molecule has 0 amide bonds. The van der Waals surface area contributed by atoms with Gasteiger partial charge in [-0.15, -0.1) is 0 Å². The van der Waals surface area contributed by atoms with Crippen LogP contribution in [0.1, 0.15) is 25.7 Å². The fraction of sp³-hybridized carbons (Fsp3) is 0.667. The molecule has 0 aliphatic heterocycles. The van der Waals surface area contributed by atoms with Gasteiger partial charge in [-0.05, 0) is 19.3 Å². The SMILES string of the molecule is COC(=O)C1CCCCC1=C=O. The Hall–Kier alpha value is -1.08. The van der Waals surface area contributed by atoms with Crippen LogP contribution in [-0.4, -0.2) is 19.0 Å². The molecule has 0 aromatic rings. The lowest BCUT2D eigenvalue weighted by Gasteiger charge is -2.19. The minimum Gasteiger partial charge on any atom is -0.469 e. The molecule has 1 aliphatic carbocycles. The lowest BCUT2D eigenvalue weighted by molar-refractivity contribution is -0.144. The highest BCUT2D eigenvalue weighted by atomic mass is 16.5. The molecule has 1 fully saturated rings. The van der Waals surface area contributed by atoms with Gasteiger partial charge in [0.25, 0.3) is 0 Å². The minimum atomic E-state index is -0.318. The molecule has 1 atom stereocenters. The number of hydrogen-bond donors (Lipinski definition) is 0. The molecule has 1 saturated carbocycles. The van der Waals surface area contributed by atoms with E-state index in [0.717, 1.165) is 19.3 Å². The van der Waals surface area contributed by atoms with Crippen LogP contribution in [0.2, 0.25) is 0 Å². The van der Waals surface area contributed by atoms with Crippen molar-refractivity contribution in [1.29, 1.82) is 0 Å². The first-order valence-electron chi connectivity index (χ1n) is 4.11. The maximum absolute atomic E-state index is 11.1. The van der Waals surface area contributed by atoms with E-state index in [1.165, 1.54) is 7.11 Å². The van der Waals surface area contributed by atoms with Gasteiger partial charge < -0.3 is 4.74 Å². The first kappa shape index (κ1) is 9.01. The average molecular weight is 168 g/mol. The molecule has 0 aromatic heterocycles. The monoisotopic (exact) mass is 168 g/mol. The fourth-order valence-corrected chi connectivity index (χ4v) is 1.54. The summed E-state index contributed by atoms with van der Waals surface area (Å²) in [5, 5.41) is 0. The van der Waals surface area contributed by atoms with Crippen molar-refractivity contribution in [2.24, 2.45) is 5.92 Å². The van der Waals surface area contributed by atoms with Crippen LogP contribution in [0.5, 0.6) is 0 Å². The molecule has 0 N–H and O–H groups in total. The third-order valence-electron chi connectivity index (χ3n) is 2.23. The zero-order valence-electron chi connectivity index (χ0n) is 7.13. The van der Waals surface area contributed by atoms with Crippen molar-refractivity contribution >= 4 is 11.9 Å². The quantitative estimate of drug-likeness (QED) is 0.435. The highest BCUT2D eigenvalue weighted by Gasteiger charge is 2.27. The molecular weight excluding hydrogens is 156 g/mol. The van der Waals surface area contributed by atoms with Gasteiger partial charge in [-0.2, -0.15) is 0 Å². The number of carbonyl (C=O) groups excluding carboxylic acids is 2. The van der Waals surface area contributed by atoms with Gasteiger partial charge in [0, 0.05) is 5.57 Å². The highest BCUT2D eigenvalue weighted by Crippen LogP contribution is 2.28. The molecule has 0 heterocycles. The van der Waals surface area contributed by atoms with E-state index in [-0.39, 0.29) is 11.9 Å². The van der Waals surface area contributed by atoms with E-state index in [9.17, 15) is 9.59 Å². The third-order valence-corrected chi connectivity index (χ3v) is 2.23. The van der Waals surface area contributed by atoms with Crippen molar-refractivity contribution in [3.8, 4) is 0 Å². The normalized spacial score (nSPS) is 23.1. The highest BCUT2D eigenvalue weighted by molar-refractivity contribution is 5.79. The predicted molar refractivity (Wildman–Crippen MR) is 43.2 cm³/mol. The summed E-state index contributed by atoms with van der Waals surface area (Å²) >= 11 is 0. The molecule has 66 valence electrons. The Morgan fingerprint density at radius 1 is 1.58 bits per heavy atom. The van der Waals surface area contributed by atoms with Crippen LogP contribution >= 0.6 is 0 Å². The zero-order chi connectivity index (χ0) is 8.97. The predicted octanol–water partition coefficient (Wildman–Crippen LogP) is 1.11. The van der Waals surface area contributed by atoms with Crippen LogP contribution in [0.3, 0.4) is 0 Å². The van der Waals surface area contributed by atoms with Gasteiger partial charge in [-0.1, -0.05) is 6.42 Å². The number of rotatable bonds is 1. The molecule has 0 aromatic carbocycles. The van der Waals surface area contributed by atoms with E-state index in [1.807, 2.05) is 5.94 Å². The lowest BCUT2D eigenvalue weighted by atomic mass is 9.85. The number of esters is 1. The Morgan fingerprint density at radius 3 is 2.92 bits per heavy atom. The van der Waals surface area contributed by atoms with E-state index < -0.39 is 0 Å². The largest absolute Gasteiger partial charge is 0.469 e. The Labute approximate surface area is 71.4 Å². The number of methoxy groups -OCH3 is 1. The Balaban J connectivity index is 2.72. The second-order valence-electron chi connectivity index (χ2n) is 2.95. The molecule has 3 nitrogen and oxygen atoms in total. The van der Waals surface area contributed by atoms with Gasteiger partial charge >= 0.3 is 5.97 Å². The summed E-state index contributed by atoms with van der Waals surface area (Å²) in [6.45, 7) is 0. The third kappa shape index (κ3) is 1.74. The van der Waals surface area contributed by atoms with Crippen molar-refractivity contribution < 1.29 is 14.3 Å². The summed E-state index contributed by atoms with van der Waals surface area (Å²) < 4.78 is 4.58. The van der Waals surface area contributed by atoms with Crippen LogP contribution in [0.4, 0.5) is 0 Å². The minimum absolute atomic E-state index is 0.298. The molecule has 3 heteroatoms. The lowest BCUT2D eigenvalue weighted by Crippen LogP contribution is -2.21. The smallest absolute Gasteiger partial charge is 0.313 e. The number of hydrogen-bond acceptors (Lipinski definition) is 3. The van der Waals surface area contributed by atoms with Crippen LogP contribution in [0.15, 0.2) is 5.57 Å². The van der Waals surface area contributed by atoms with Gasteiger partial charge in [0.15, 0.2) is 0 Å². The van der Waals surface area contributed by atoms with E-state index in [0.29, 0.717) is 12.0 Å². The summed E-state index contributed by atoms with van der Waals surface area (Å²) in [6, 6.07) is 0. The van der Waals surface area contributed by atoms with Gasteiger partial charge in [0.1, 0.15) is 5.94 Å². The summed E-state index contributed by atoms with van der Waals surface area (Å²) in [7, 11) is 1.35. The van der Waals surface area contributed by atoms with E-state index in [1.54, 1.807) is 0 Å². The first-order valence-corrected chi connectivity index (χ1v) is 4.11. The summed E-state index contributed by atoms with van der Waals surface area (Å²) in [5.74, 6) is 1.22. The summed E-state index contributed by atoms with van der Waals surface area (Å²) in [5.41, 5.74) is 0.577. The van der Waals surface area contributed by atoms with Crippen LogP contribution in [-0.2, 0) is 14.3 Å². The first-order chi connectivity index (χ1) is 5.79. The fourth-order valence-electron chi connectivity index (χ4n) is 1.54. The Bertz CT molecular complexity index is 226. The van der Waals surface area contributed by atoms with Crippen LogP contribution in [0.25, 0.3) is 0 Å². The Morgan fingerprint density at radius 2 is 2.33 bits per heavy atom. The number of carbonyl (C=O) groups is 1. The average Bonchev–Trinajstić information content (AvgIpc) is 2.16. The molecule has 0 bridgehead atoms. The molecule has 1 rings (SSSR count). The van der Waals surface area contributed by atoms with E-state index in [2.05, 4.69) is 4.74 Å². The second-order valence-corrected chi connectivity index (χ2v) is 2.95. The molecule has 12 heavy (non-hydrogen) atoms. The topological polar surface area (TPSA) is 43.4 Å². The molecule has 0 spiro atoms. The Kier molecular flexibility index (Phi) is 3.06. The maximum atomic E-state index is 11.1. The van der Waals surface area contributed by atoms with Crippen LogP contribution < -0.4 is 0 Å². The molecule has 1 aliphatic rings. The van der Waals surface area contributed by atoms with Crippen molar-refractivity contribution in [3.05, 3.63) is 5.57 Å². The molecule has 0 saturated heterocycles. The maximum Gasteiger partial charge on any atom is 0.313 e. The second kappa shape index (κ2) is 4.07. The summed E-state index contributed by atoms with van der Waals surface area (Å²) in [6.07, 6.45) is 3.41. The summed E-state index contributed by atoms with van der Waals surface area (Å²) in [4.78, 5) is 21.5. The van der Waals surface area contributed by atoms with E-state index >= 15 is 0 Å². The number of ether oxygens (including phenoxy) is 1. The van der Waals surface area contributed by atoms with Crippen molar-refractivity contribution in [1.82, 2.24) is 0 Å². The molecular formula is C9H12O3. The molecule has 0 radical (unpaired) electrons. The van der Waals surface area contributed by atoms with Gasteiger partial charge in [-0.25, -0.2) is 4.79 Å². The molecule has 1 unspecified atom stereocenters.